The number of carbonyl (C=O) groups excluding carboxylic acids is 1. The molecule has 1 amide bonds. The van der Waals surface area contributed by atoms with Gasteiger partial charge in [-0.25, -0.2) is 4.79 Å². The number of rotatable bonds is 3. The molecule has 1 aliphatic rings. The van der Waals surface area contributed by atoms with Gasteiger partial charge in [-0.3, -0.25) is 13.9 Å². The molecule has 0 atom stereocenters. The molecule has 1 aromatic heterocycles. The topological polar surface area (TPSA) is 74.5 Å². The molecule has 0 saturated carbocycles. The number of carbonyl (C=O) groups is 1. The zero-order chi connectivity index (χ0) is 18.5. The van der Waals surface area contributed by atoms with E-state index in [1.54, 1.807) is 25.2 Å². The molecular weight excluding hydrogens is 334 g/mol. The maximum atomic E-state index is 12.5. The van der Waals surface area contributed by atoms with Crippen LogP contribution in [0.15, 0.2) is 47.3 Å². The molecule has 0 spiro atoms. The van der Waals surface area contributed by atoms with Crippen molar-refractivity contribution >= 4 is 22.6 Å². The molecule has 7 heteroatoms. The predicted octanol–water partition coefficient (Wildman–Crippen LogP) is 2.49. The third kappa shape index (κ3) is 2.71. The van der Waals surface area contributed by atoms with Crippen molar-refractivity contribution in [1.29, 1.82) is 0 Å². The van der Waals surface area contributed by atoms with Gasteiger partial charge < -0.3 is 14.8 Å². The number of benzene rings is 2. The molecule has 134 valence electrons. The van der Waals surface area contributed by atoms with Crippen molar-refractivity contribution in [3.05, 3.63) is 52.9 Å². The van der Waals surface area contributed by atoms with Gasteiger partial charge in [0.05, 0.1) is 11.0 Å². The number of anilines is 1. The molecule has 0 fully saturated rings. The summed E-state index contributed by atoms with van der Waals surface area (Å²) < 4.78 is 14.3. The number of imidazole rings is 1. The highest BCUT2D eigenvalue weighted by atomic mass is 16.7. The largest absolute Gasteiger partial charge is 0.449 e. The molecule has 2 aromatic carbocycles. The van der Waals surface area contributed by atoms with Crippen LogP contribution < -0.4 is 20.5 Å². The molecule has 0 bridgehead atoms. The lowest BCUT2D eigenvalue weighted by Crippen LogP contribution is -2.29. The number of amides is 1. The van der Waals surface area contributed by atoms with Crippen molar-refractivity contribution < 1.29 is 14.3 Å². The first-order valence-electron chi connectivity index (χ1n) is 8.30. The molecule has 0 unspecified atom stereocenters. The van der Waals surface area contributed by atoms with Crippen LogP contribution >= 0.6 is 0 Å². The van der Waals surface area contributed by atoms with Crippen LogP contribution in [0.2, 0.25) is 0 Å². The summed E-state index contributed by atoms with van der Waals surface area (Å²) in [5.41, 5.74) is 1.87. The molecule has 4 rings (SSSR count). The summed E-state index contributed by atoms with van der Waals surface area (Å²) in [6.07, 6.45) is 0. The molecule has 7 nitrogen and oxygen atoms in total. The highest BCUT2D eigenvalue weighted by molar-refractivity contribution is 5.92. The molecule has 1 aliphatic heterocycles. The molecule has 1 N–H and O–H groups in total. The van der Waals surface area contributed by atoms with E-state index in [-0.39, 0.29) is 18.1 Å². The first-order valence-corrected chi connectivity index (χ1v) is 8.30. The van der Waals surface area contributed by atoms with Gasteiger partial charge in [-0.15, -0.1) is 0 Å². The number of fused-ring (bicyclic) bond motifs is 2. The third-order valence-electron chi connectivity index (χ3n) is 4.29. The molecular formula is C19H19N3O4. The van der Waals surface area contributed by atoms with Gasteiger partial charge in [0.1, 0.15) is 6.54 Å². The van der Waals surface area contributed by atoms with Gasteiger partial charge in [0.25, 0.3) is 0 Å². The van der Waals surface area contributed by atoms with Gasteiger partial charge in [-0.1, -0.05) is 12.1 Å². The predicted molar refractivity (Wildman–Crippen MR) is 97.6 cm³/mol. The van der Waals surface area contributed by atoms with E-state index in [4.69, 9.17) is 9.47 Å². The minimum Gasteiger partial charge on any atom is -0.449 e. The first-order chi connectivity index (χ1) is 12.3. The lowest BCUT2D eigenvalue weighted by Gasteiger charge is -2.16. The van der Waals surface area contributed by atoms with Crippen LogP contribution in [-0.4, -0.2) is 20.8 Å². The number of aryl methyl sites for hydroxylation is 1. The van der Waals surface area contributed by atoms with Gasteiger partial charge in [-0.2, -0.15) is 0 Å². The number of hydrogen-bond donors (Lipinski definition) is 1. The summed E-state index contributed by atoms with van der Waals surface area (Å²) in [4.78, 5) is 24.9. The fourth-order valence-corrected chi connectivity index (χ4v) is 3.16. The maximum absolute atomic E-state index is 12.5. The van der Waals surface area contributed by atoms with E-state index in [0.29, 0.717) is 17.2 Å². The number of para-hydroxylation sites is 2. The number of nitrogens with zero attached hydrogens (tertiary/aromatic N) is 2. The van der Waals surface area contributed by atoms with Crippen molar-refractivity contribution in [1.82, 2.24) is 9.13 Å². The molecule has 0 saturated heterocycles. The summed E-state index contributed by atoms with van der Waals surface area (Å²) in [5, 5.41) is 2.81. The highest BCUT2D eigenvalue weighted by Gasteiger charge is 2.31. The highest BCUT2D eigenvalue weighted by Crippen LogP contribution is 2.40. The van der Waals surface area contributed by atoms with Crippen LogP contribution in [0, 0.1) is 0 Å². The van der Waals surface area contributed by atoms with Crippen LogP contribution in [0.3, 0.4) is 0 Å². The SMILES string of the molecule is Cn1c(=O)n(CC(=O)Nc2ccc3c(c2)OC(C)(C)O3)c2ccccc21. The van der Waals surface area contributed by atoms with Gasteiger partial charge >= 0.3 is 5.69 Å². The smallest absolute Gasteiger partial charge is 0.329 e. The molecule has 0 aliphatic carbocycles. The second-order valence-electron chi connectivity index (χ2n) is 6.73. The van der Waals surface area contributed by atoms with E-state index in [9.17, 15) is 9.59 Å². The molecule has 26 heavy (non-hydrogen) atoms. The summed E-state index contributed by atoms with van der Waals surface area (Å²) in [7, 11) is 1.69. The number of nitrogens with one attached hydrogen (secondary N) is 1. The summed E-state index contributed by atoms with van der Waals surface area (Å²) in [6, 6.07) is 12.6. The van der Waals surface area contributed by atoms with E-state index >= 15 is 0 Å². The Morgan fingerprint density at radius 2 is 1.77 bits per heavy atom. The normalized spacial score (nSPS) is 14.6. The second-order valence-corrected chi connectivity index (χ2v) is 6.73. The molecule has 0 radical (unpaired) electrons. The van der Waals surface area contributed by atoms with Crippen molar-refractivity contribution in [3.8, 4) is 11.5 Å². The van der Waals surface area contributed by atoms with E-state index in [0.717, 1.165) is 11.0 Å². The Morgan fingerprint density at radius 3 is 2.54 bits per heavy atom. The molecule has 2 heterocycles. The summed E-state index contributed by atoms with van der Waals surface area (Å²) in [5.74, 6) is 0.205. The van der Waals surface area contributed by atoms with Gasteiger partial charge in [0, 0.05) is 32.6 Å². The van der Waals surface area contributed by atoms with Crippen LogP contribution in [0.5, 0.6) is 11.5 Å². The van der Waals surface area contributed by atoms with E-state index in [2.05, 4.69) is 5.32 Å². The number of ether oxygens (including phenoxy) is 2. The monoisotopic (exact) mass is 353 g/mol. The Labute approximate surface area is 149 Å². The van der Waals surface area contributed by atoms with Crippen molar-refractivity contribution in [2.45, 2.75) is 26.2 Å². The summed E-state index contributed by atoms with van der Waals surface area (Å²) in [6.45, 7) is 3.57. The number of hydrogen-bond acceptors (Lipinski definition) is 4. The third-order valence-corrected chi connectivity index (χ3v) is 4.29. The lowest BCUT2D eigenvalue weighted by atomic mass is 10.2. The number of aromatic nitrogens is 2. The van der Waals surface area contributed by atoms with Gasteiger partial charge in [-0.05, 0) is 24.3 Å². The quantitative estimate of drug-likeness (QED) is 0.785. The van der Waals surface area contributed by atoms with Crippen LogP contribution in [0.4, 0.5) is 5.69 Å². The van der Waals surface area contributed by atoms with E-state index in [1.165, 1.54) is 9.13 Å². The van der Waals surface area contributed by atoms with E-state index in [1.807, 2.05) is 38.1 Å². The van der Waals surface area contributed by atoms with Crippen LogP contribution in [0.25, 0.3) is 11.0 Å². The minimum absolute atomic E-state index is 0.0693. The van der Waals surface area contributed by atoms with Crippen molar-refractivity contribution in [2.75, 3.05) is 5.32 Å². The van der Waals surface area contributed by atoms with Crippen LogP contribution in [0.1, 0.15) is 13.8 Å². The van der Waals surface area contributed by atoms with Crippen molar-refractivity contribution in [3.63, 3.8) is 0 Å². The Bertz CT molecular complexity index is 1080. The van der Waals surface area contributed by atoms with Gasteiger partial charge in [0.15, 0.2) is 11.5 Å². The maximum Gasteiger partial charge on any atom is 0.329 e. The van der Waals surface area contributed by atoms with E-state index < -0.39 is 5.79 Å². The summed E-state index contributed by atoms with van der Waals surface area (Å²) >= 11 is 0. The minimum atomic E-state index is -0.721. The Hall–Kier alpha value is -3.22. The molecule has 3 aromatic rings. The zero-order valence-electron chi connectivity index (χ0n) is 14.8. The Balaban J connectivity index is 1.56. The Kier molecular flexibility index (Phi) is 3.54. The first kappa shape index (κ1) is 16.3. The zero-order valence-corrected chi connectivity index (χ0v) is 14.8. The van der Waals surface area contributed by atoms with Crippen LogP contribution in [-0.2, 0) is 18.4 Å². The Morgan fingerprint density at radius 1 is 1.08 bits per heavy atom. The fourth-order valence-electron chi connectivity index (χ4n) is 3.16. The second kappa shape index (κ2) is 5.66. The lowest BCUT2D eigenvalue weighted by molar-refractivity contribution is -0.116. The van der Waals surface area contributed by atoms with Crippen molar-refractivity contribution in [2.24, 2.45) is 7.05 Å². The fraction of sp³-hybridized carbons (Fsp3) is 0.263. The average Bonchev–Trinajstić information content (AvgIpc) is 3.02. The standard InChI is InChI=1S/C19H19N3O4/c1-19(2)25-15-9-8-12(10-16(15)26-19)20-17(23)11-22-14-7-5-4-6-13(14)21(3)18(22)24/h4-10H,11H2,1-3H3,(H,20,23). The average molecular weight is 353 g/mol. The van der Waals surface area contributed by atoms with Gasteiger partial charge in [0.2, 0.25) is 11.7 Å².